The van der Waals surface area contributed by atoms with Gasteiger partial charge in [0.25, 0.3) is 0 Å². The molecule has 0 amide bonds. The number of hydrogen-bond acceptors (Lipinski definition) is 5. The molecule has 2 unspecified atom stereocenters. The minimum absolute atomic E-state index is 0.204. The van der Waals surface area contributed by atoms with Crippen molar-refractivity contribution in [1.29, 1.82) is 0 Å². The Morgan fingerprint density at radius 3 is 1.59 bits per heavy atom. The van der Waals surface area contributed by atoms with Crippen molar-refractivity contribution in [3.63, 3.8) is 0 Å². The van der Waals surface area contributed by atoms with E-state index in [2.05, 4.69) is 0 Å². The van der Waals surface area contributed by atoms with Crippen LogP contribution in [0.4, 0.5) is 0 Å². The smallest absolute Gasteiger partial charge is 0.350 e. The van der Waals surface area contributed by atoms with E-state index in [0.29, 0.717) is 0 Å². The maximum atomic E-state index is 11.9. The van der Waals surface area contributed by atoms with Crippen LogP contribution in [0.2, 0.25) is 0 Å². The summed E-state index contributed by atoms with van der Waals surface area (Å²) in [5.41, 5.74) is -4.74. The van der Waals surface area contributed by atoms with Gasteiger partial charge in [-0.2, -0.15) is 0 Å². The molecule has 8 heteroatoms. The number of carboxylic acid groups (broad SMARTS) is 3. The van der Waals surface area contributed by atoms with Crippen LogP contribution in [0.3, 0.4) is 0 Å². The lowest BCUT2D eigenvalue weighted by molar-refractivity contribution is -0.218. The number of ether oxygens (including phenoxy) is 1. The zero-order valence-electron chi connectivity index (χ0n) is 13.1. The van der Waals surface area contributed by atoms with E-state index in [1.165, 1.54) is 20.8 Å². The lowest BCUT2D eigenvalue weighted by Crippen LogP contribution is -2.65. The van der Waals surface area contributed by atoms with Crippen molar-refractivity contribution in [2.45, 2.75) is 52.6 Å². The minimum Gasteiger partial charge on any atom is -0.481 e. The molecule has 0 rings (SSSR count). The number of aliphatic carboxylic acids is 3. The van der Waals surface area contributed by atoms with Crippen molar-refractivity contribution < 1.29 is 39.2 Å². The van der Waals surface area contributed by atoms with Gasteiger partial charge in [-0.3, -0.25) is 14.4 Å². The molecular formula is C14H22O8. The lowest BCUT2D eigenvalue weighted by atomic mass is 9.61. The van der Waals surface area contributed by atoms with E-state index in [0.717, 1.165) is 6.92 Å². The third-order valence-electron chi connectivity index (χ3n) is 4.15. The number of carbonyl (C=O) groups excluding carboxylic acids is 1. The molecule has 0 saturated carbocycles. The number of hydrogen-bond donors (Lipinski definition) is 3. The highest BCUT2D eigenvalue weighted by molar-refractivity contribution is 5.95. The van der Waals surface area contributed by atoms with Crippen LogP contribution in [-0.4, -0.2) is 44.8 Å². The largest absolute Gasteiger partial charge is 0.481 e. The summed E-state index contributed by atoms with van der Waals surface area (Å²) in [5, 5.41) is 28.6. The van der Waals surface area contributed by atoms with E-state index in [-0.39, 0.29) is 19.3 Å². The molecular weight excluding hydrogens is 296 g/mol. The molecule has 0 radical (unpaired) electrons. The maximum Gasteiger partial charge on any atom is 0.350 e. The topological polar surface area (TPSA) is 138 Å². The molecule has 0 bridgehead atoms. The molecule has 0 aromatic carbocycles. The first-order valence-electron chi connectivity index (χ1n) is 6.96. The van der Waals surface area contributed by atoms with Crippen LogP contribution in [0.25, 0.3) is 0 Å². The Kier molecular flexibility index (Phi) is 6.54. The summed E-state index contributed by atoms with van der Waals surface area (Å²) < 4.78 is 4.92. The number of carboxylic acids is 3. The first kappa shape index (κ1) is 19.9. The van der Waals surface area contributed by atoms with Crippen LogP contribution in [-0.2, 0) is 23.9 Å². The highest BCUT2D eigenvalue weighted by Crippen LogP contribution is 2.48. The zero-order chi connectivity index (χ0) is 17.7. The molecule has 0 aromatic rings. The van der Waals surface area contributed by atoms with Crippen molar-refractivity contribution in [3.05, 3.63) is 0 Å². The van der Waals surface area contributed by atoms with E-state index in [9.17, 15) is 34.5 Å². The molecule has 0 aliphatic rings. The molecule has 0 aliphatic carbocycles. The molecule has 3 N–H and O–H groups in total. The van der Waals surface area contributed by atoms with Crippen LogP contribution in [0.15, 0.2) is 0 Å². The van der Waals surface area contributed by atoms with E-state index >= 15 is 0 Å². The third kappa shape index (κ3) is 2.90. The normalized spacial score (nSPS) is 15.5. The first-order chi connectivity index (χ1) is 10.1. The molecule has 0 aliphatic heterocycles. The standard InChI is InChI=1S/C14H22O8/c1-5-9(10(16)17)14(12(20)21,22-8(4)15)13(6-2,7-3)11(18)19/h9H,5-7H2,1-4H3,(H,16,17)(H,18,19)(H,20,21). The van der Waals surface area contributed by atoms with Crippen molar-refractivity contribution in [3.8, 4) is 0 Å². The molecule has 0 aromatic heterocycles. The molecule has 0 spiro atoms. The van der Waals surface area contributed by atoms with Gasteiger partial charge in [0, 0.05) is 6.92 Å². The van der Waals surface area contributed by atoms with Crippen LogP contribution in [0.1, 0.15) is 47.0 Å². The Morgan fingerprint density at radius 1 is 0.955 bits per heavy atom. The van der Waals surface area contributed by atoms with Gasteiger partial charge in [-0.15, -0.1) is 0 Å². The zero-order valence-corrected chi connectivity index (χ0v) is 13.1. The third-order valence-corrected chi connectivity index (χ3v) is 4.15. The van der Waals surface area contributed by atoms with Crippen molar-refractivity contribution in [2.24, 2.45) is 11.3 Å². The second-order valence-corrected chi connectivity index (χ2v) is 5.03. The summed E-state index contributed by atoms with van der Waals surface area (Å²) >= 11 is 0. The van der Waals surface area contributed by atoms with E-state index in [1.54, 1.807) is 0 Å². The van der Waals surface area contributed by atoms with Gasteiger partial charge in [-0.05, 0) is 19.3 Å². The van der Waals surface area contributed by atoms with Gasteiger partial charge in [0.05, 0.1) is 0 Å². The van der Waals surface area contributed by atoms with Crippen molar-refractivity contribution in [1.82, 2.24) is 0 Å². The van der Waals surface area contributed by atoms with Crippen LogP contribution < -0.4 is 0 Å². The van der Waals surface area contributed by atoms with E-state index in [1.807, 2.05) is 0 Å². The Morgan fingerprint density at radius 2 is 1.41 bits per heavy atom. The fourth-order valence-corrected chi connectivity index (χ4v) is 3.00. The van der Waals surface area contributed by atoms with Gasteiger partial charge < -0.3 is 20.1 Å². The maximum absolute atomic E-state index is 11.9. The molecule has 8 nitrogen and oxygen atoms in total. The van der Waals surface area contributed by atoms with E-state index < -0.39 is 40.8 Å². The van der Waals surface area contributed by atoms with Crippen LogP contribution in [0.5, 0.6) is 0 Å². The van der Waals surface area contributed by atoms with Gasteiger partial charge in [0.1, 0.15) is 11.3 Å². The quantitative estimate of drug-likeness (QED) is 0.542. The Balaban J connectivity index is 6.75. The molecule has 0 fully saturated rings. The van der Waals surface area contributed by atoms with Crippen LogP contribution >= 0.6 is 0 Å². The lowest BCUT2D eigenvalue weighted by Gasteiger charge is -2.45. The monoisotopic (exact) mass is 318 g/mol. The van der Waals surface area contributed by atoms with Gasteiger partial charge in [-0.25, -0.2) is 4.79 Å². The molecule has 0 heterocycles. The summed E-state index contributed by atoms with van der Waals surface area (Å²) in [6.07, 6.45) is -0.617. The average Bonchev–Trinajstić information content (AvgIpc) is 2.39. The number of carbonyl (C=O) groups is 4. The minimum atomic E-state index is -2.69. The summed E-state index contributed by atoms with van der Waals surface area (Å²) in [5.74, 6) is -7.55. The van der Waals surface area contributed by atoms with Gasteiger partial charge in [-0.1, -0.05) is 20.8 Å². The fraction of sp³-hybridized carbons (Fsp3) is 0.714. The molecule has 126 valence electrons. The van der Waals surface area contributed by atoms with E-state index in [4.69, 9.17) is 4.74 Å². The molecule has 0 saturated heterocycles. The predicted octanol–water partition coefficient (Wildman–Crippen LogP) is 1.37. The SMILES string of the molecule is CCC(C(=O)O)C(OC(C)=O)(C(=O)O)C(CC)(CC)C(=O)O. The highest BCUT2D eigenvalue weighted by Gasteiger charge is 2.68. The molecule has 22 heavy (non-hydrogen) atoms. The second-order valence-electron chi connectivity index (χ2n) is 5.03. The van der Waals surface area contributed by atoms with Gasteiger partial charge in [0.15, 0.2) is 0 Å². The highest BCUT2D eigenvalue weighted by atomic mass is 16.6. The summed E-state index contributed by atoms with van der Waals surface area (Å²) in [4.78, 5) is 46.7. The van der Waals surface area contributed by atoms with Crippen molar-refractivity contribution >= 4 is 23.9 Å². The second kappa shape index (κ2) is 7.24. The Bertz CT molecular complexity index is 465. The van der Waals surface area contributed by atoms with Gasteiger partial charge >= 0.3 is 23.9 Å². The fourth-order valence-electron chi connectivity index (χ4n) is 3.00. The first-order valence-corrected chi connectivity index (χ1v) is 6.96. The Hall–Kier alpha value is -2.12. The number of esters is 1. The Labute approximate surface area is 128 Å². The summed E-state index contributed by atoms with van der Waals surface area (Å²) in [7, 11) is 0. The summed E-state index contributed by atoms with van der Waals surface area (Å²) in [6.45, 7) is 5.17. The predicted molar refractivity (Wildman–Crippen MR) is 74.2 cm³/mol. The van der Waals surface area contributed by atoms with Crippen LogP contribution in [0, 0.1) is 11.3 Å². The van der Waals surface area contributed by atoms with Crippen molar-refractivity contribution in [2.75, 3.05) is 0 Å². The van der Waals surface area contributed by atoms with Gasteiger partial charge in [0.2, 0.25) is 5.60 Å². The molecule has 2 atom stereocenters. The average molecular weight is 318 g/mol. The summed E-state index contributed by atoms with van der Waals surface area (Å²) in [6, 6.07) is 0. The number of rotatable bonds is 9.